The van der Waals surface area contributed by atoms with Gasteiger partial charge in [-0.05, 0) is 25.3 Å². The van der Waals surface area contributed by atoms with Crippen LogP contribution in [0.25, 0.3) is 0 Å². The van der Waals surface area contributed by atoms with Crippen LogP contribution in [0.1, 0.15) is 47.5 Å². The Morgan fingerprint density at radius 3 is 1.94 bits per heavy atom. The summed E-state index contributed by atoms with van der Waals surface area (Å²) in [5, 5.41) is 0. The number of rotatable bonds is 5. The maximum atomic E-state index is 2.65. The predicted molar refractivity (Wildman–Crippen MR) is 78.5 cm³/mol. The minimum Gasteiger partial charge on any atom is -0.304 e. The summed E-state index contributed by atoms with van der Waals surface area (Å²) in [4.78, 5) is 5.08. The van der Waals surface area contributed by atoms with E-state index in [-0.39, 0.29) is 0 Å². The molecule has 1 rings (SSSR count). The van der Waals surface area contributed by atoms with E-state index in [1.165, 1.54) is 45.6 Å². The molecule has 1 aliphatic rings. The summed E-state index contributed by atoms with van der Waals surface area (Å²) in [5.41, 5.74) is 0. The van der Waals surface area contributed by atoms with E-state index < -0.39 is 0 Å². The zero-order valence-corrected chi connectivity index (χ0v) is 13.0. The quantitative estimate of drug-likeness (QED) is 0.729. The maximum absolute atomic E-state index is 2.65. The average molecular weight is 242 g/mol. The third-order valence-electron chi connectivity index (χ3n) is 3.49. The van der Waals surface area contributed by atoms with Crippen LogP contribution in [0.4, 0.5) is 0 Å². The number of likely N-dealkylation sites (N-methyl/N-ethyl adjacent to an activating group) is 1. The molecule has 2 nitrogen and oxygen atoms in total. The van der Waals surface area contributed by atoms with Crippen molar-refractivity contribution in [3.63, 3.8) is 0 Å². The summed E-state index contributed by atoms with van der Waals surface area (Å²) in [5.74, 6) is 1.76. The first-order chi connectivity index (χ1) is 8.11. The fourth-order valence-corrected chi connectivity index (χ4v) is 2.43. The van der Waals surface area contributed by atoms with E-state index in [4.69, 9.17) is 0 Å². The van der Waals surface area contributed by atoms with Gasteiger partial charge in [0, 0.05) is 32.7 Å². The Balaban J connectivity index is 0.00000121. The molecule has 0 aromatic heterocycles. The van der Waals surface area contributed by atoms with Crippen LogP contribution in [0.3, 0.4) is 0 Å². The highest BCUT2D eigenvalue weighted by Gasteiger charge is 2.17. The zero-order chi connectivity index (χ0) is 13.3. The molecule has 0 amide bonds. The second kappa shape index (κ2) is 9.90. The SMILES string of the molecule is CC.CCC(CC(C)C)CN1CCN(C)CC1. The van der Waals surface area contributed by atoms with Gasteiger partial charge in [0.15, 0.2) is 0 Å². The molecule has 1 saturated heterocycles. The standard InChI is InChI=1S/C13H28N2.C2H6/c1-5-13(10-12(2)3)11-15-8-6-14(4)7-9-15;1-2/h12-13H,5-11H2,1-4H3;1-2H3. The molecule has 0 spiro atoms. The van der Waals surface area contributed by atoms with Crippen LogP contribution < -0.4 is 0 Å². The van der Waals surface area contributed by atoms with Crippen molar-refractivity contribution in [1.82, 2.24) is 9.80 Å². The summed E-state index contributed by atoms with van der Waals surface area (Å²) in [6, 6.07) is 0. The van der Waals surface area contributed by atoms with Crippen molar-refractivity contribution >= 4 is 0 Å². The second-order valence-electron chi connectivity index (χ2n) is 5.51. The molecular formula is C15H34N2. The van der Waals surface area contributed by atoms with Crippen LogP contribution >= 0.6 is 0 Å². The number of nitrogens with zero attached hydrogens (tertiary/aromatic N) is 2. The largest absolute Gasteiger partial charge is 0.304 e. The lowest BCUT2D eigenvalue weighted by Gasteiger charge is -2.34. The molecule has 2 heteroatoms. The molecule has 0 saturated carbocycles. The lowest BCUT2D eigenvalue weighted by atomic mass is 9.94. The van der Waals surface area contributed by atoms with Gasteiger partial charge in [0.25, 0.3) is 0 Å². The van der Waals surface area contributed by atoms with Gasteiger partial charge < -0.3 is 9.80 Å². The van der Waals surface area contributed by atoms with E-state index >= 15 is 0 Å². The molecule has 0 radical (unpaired) electrons. The minimum atomic E-state index is 0.849. The fraction of sp³-hybridized carbons (Fsp3) is 1.00. The molecule has 1 unspecified atom stereocenters. The molecule has 17 heavy (non-hydrogen) atoms. The van der Waals surface area contributed by atoms with Crippen molar-refractivity contribution in [1.29, 1.82) is 0 Å². The molecular weight excluding hydrogens is 208 g/mol. The molecule has 1 fully saturated rings. The van der Waals surface area contributed by atoms with Gasteiger partial charge in [0.2, 0.25) is 0 Å². The molecule has 0 aromatic rings. The van der Waals surface area contributed by atoms with Gasteiger partial charge in [-0.25, -0.2) is 0 Å². The monoisotopic (exact) mass is 242 g/mol. The third kappa shape index (κ3) is 7.77. The van der Waals surface area contributed by atoms with Crippen LogP contribution in [-0.2, 0) is 0 Å². The van der Waals surface area contributed by atoms with E-state index in [0.29, 0.717) is 0 Å². The Hall–Kier alpha value is -0.0800. The van der Waals surface area contributed by atoms with E-state index in [0.717, 1.165) is 11.8 Å². The summed E-state index contributed by atoms with van der Waals surface area (Å²) < 4.78 is 0. The van der Waals surface area contributed by atoms with Crippen molar-refractivity contribution in [3.05, 3.63) is 0 Å². The van der Waals surface area contributed by atoms with Crippen LogP contribution in [0.15, 0.2) is 0 Å². The van der Waals surface area contributed by atoms with Gasteiger partial charge in [-0.3, -0.25) is 0 Å². The molecule has 0 N–H and O–H groups in total. The molecule has 1 aliphatic heterocycles. The summed E-state index contributed by atoms with van der Waals surface area (Å²) in [6.07, 6.45) is 2.73. The van der Waals surface area contributed by atoms with Gasteiger partial charge in [0.05, 0.1) is 0 Å². The molecule has 0 aliphatic carbocycles. The van der Waals surface area contributed by atoms with Gasteiger partial charge in [0.1, 0.15) is 0 Å². The van der Waals surface area contributed by atoms with Crippen molar-refractivity contribution < 1.29 is 0 Å². The second-order valence-corrected chi connectivity index (χ2v) is 5.51. The van der Waals surface area contributed by atoms with Crippen molar-refractivity contribution in [3.8, 4) is 0 Å². The normalized spacial score (nSPS) is 19.9. The average Bonchev–Trinajstić information content (AvgIpc) is 2.33. The molecule has 1 atom stereocenters. The topological polar surface area (TPSA) is 6.48 Å². The summed E-state index contributed by atoms with van der Waals surface area (Å²) in [7, 11) is 2.22. The van der Waals surface area contributed by atoms with Gasteiger partial charge in [-0.15, -0.1) is 0 Å². The lowest BCUT2D eigenvalue weighted by Crippen LogP contribution is -2.46. The Kier molecular flexibility index (Phi) is 9.85. The van der Waals surface area contributed by atoms with Crippen molar-refractivity contribution in [2.45, 2.75) is 47.5 Å². The fourth-order valence-electron chi connectivity index (χ4n) is 2.43. The molecule has 104 valence electrons. The van der Waals surface area contributed by atoms with Crippen LogP contribution in [0, 0.1) is 11.8 Å². The minimum absolute atomic E-state index is 0.849. The molecule has 0 aromatic carbocycles. The summed E-state index contributed by atoms with van der Waals surface area (Å²) >= 11 is 0. The van der Waals surface area contributed by atoms with Crippen molar-refractivity contribution in [2.24, 2.45) is 11.8 Å². The Morgan fingerprint density at radius 2 is 1.53 bits per heavy atom. The first kappa shape index (κ1) is 16.9. The first-order valence-electron chi connectivity index (χ1n) is 7.52. The maximum Gasteiger partial charge on any atom is 0.0110 e. The predicted octanol–water partition coefficient (Wildman–Crippen LogP) is 3.33. The van der Waals surface area contributed by atoms with Gasteiger partial charge in [-0.1, -0.05) is 41.0 Å². The van der Waals surface area contributed by atoms with E-state index in [1.807, 2.05) is 13.8 Å². The van der Waals surface area contributed by atoms with Crippen LogP contribution in [-0.4, -0.2) is 49.6 Å². The number of hydrogen-bond acceptors (Lipinski definition) is 2. The molecule has 0 bridgehead atoms. The Labute approximate surface area is 109 Å². The number of piperazine rings is 1. The van der Waals surface area contributed by atoms with Gasteiger partial charge in [-0.2, -0.15) is 0 Å². The van der Waals surface area contributed by atoms with Crippen LogP contribution in [0.2, 0.25) is 0 Å². The highest BCUT2D eigenvalue weighted by molar-refractivity contribution is 4.72. The Morgan fingerprint density at radius 1 is 1.00 bits per heavy atom. The van der Waals surface area contributed by atoms with Crippen molar-refractivity contribution in [2.75, 3.05) is 39.8 Å². The van der Waals surface area contributed by atoms with Crippen LogP contribution in [0.5, 0.6) is 0 Å². The van der Waals surface area contributed by atoms with E-state index in [2.05, 4.69) is 37.6 Å². The third-order valence-corrected chi connectivity index (χ3v) is 3.49. The summed E-state index contributed by atoms with van der Waals surface area (Å²) in [6.45, 7) is 17.4. The Bertz CT molecular complexity index is 160. The number of hydrogen-bond donors (Lipinski definition) is 0. The highest BCUT2D eigenvalue weighted by Crippen LogP contribution is 2.17. The molecule has 1 heterocycles. The van der Waals surface area contributed by atoms with Gasteiger partial charge >= 0.3 is 0 Å². The smallest absolute Gasteiger partial charge is 0.0110 e. The highest BCUT2D eigenvalue weighted by atomic mass is 15.2. The van der Waals surface area contributed by atoms with E-state index in [1.54, 1.807) is 0 Å². The van der Waals surface area contributed by atoms with E-state index in [9.17, 15) is 0 Å². The first-order valence-corrected chi connectivity index (χ1v) is 7.52. The zero-order valence-electron chi connectivity index (χ0n) is 13.0. The lowest BCUT2D eigenvalue weighted by molar-refractivity contribution is 0.129.